The number of nitrogens with zero attached hydrogens (tertiary/aromatic N) is 1. The fourth-order valence-corrected chi connectivity index (χ4v) is 10.6. The summed E-state index contributed by atoms with van der Waals surface area (Å²) < 4.78 is 6.64. The summed E-state index contributed by atoms with van der Waals surface area (Å²) >= 11 is 0. The fourth-order valence-electron chi connectivity index (χ4n) is 8.10. The molecule has 53 heavy (non-hydrogen) atoms. The van der Waals surface area contributed by atoms with Crippen molar-refractivity contribution >= 4 is 27.4 Å². The van der Waals surface area contributed by atoms with Crippen LogP contribution in [-0.4, -0.2) is 84.0 Å². The van der Waals surface area contributed by atoms with Crippen LogP contribution in [0, 0.1) is 35.5 Å². The number of phenols is 1. The fraction of sp³-hybridized carbons (Fsp3) is 0.537. The highest BCUT2D eigenvalue weighted by Crippen LogP contribution is 2.42. The molecule has 3 heterocycles. The summed E-state index contributed by atoms with van der Waals surface area (Å²) in [7, 11) is 3.17. The SMILES string of the molecule is Nc1nccc2c1CSSCC(CO)C(O)C(Oc1cc(C3C=CC4C#CC(CCO)CCCCC(O)C4C(O)C3)ccc1O)CC2Cc1ccc[nH]1. The van der Waals surface area contributed by atoms with Gasteiger partial charge in [-0.25, -0.2) is 4.98 Å². The number of rotatable bonds is 8. The largest absolute Gasteiger partial charge is 0.504 e. The normalized spacial score (nSPS) is 31.1. The van der Waals surface area contributed by atoms with Gasteiger partial charge in [0.2, 0.25) is 0 Å². The Morgan fingerprint density at radius 3 is 2.62 bits per heavy atom. The van der Waals surface area contributed by atoms with Crippen molar-refractivity contribution in [1.82, 2.24) is 9.97 Å². The Hall–Kier alpha value is -3.15. The van der Waals surface area contributed by atoms with Crippen LogP contribution in [0.25, 0.3) is 0 Å². The number of H-pyrrole nitrogens is 1. The van der Waals surface area contributed by atoms with Crippen LogP contribution in [-0.2, 0) is 12.2 Å². The van der Waals surface area contributed by atoms with Crippen molar-refractivity contribution in [3.05, 3.63) is 83.3 Å². The molecular formula is C41H53N3O7S2. The highest BCUT2D eigenvalue weighted by atomic mass is 33.1. The van der Waals surface area contributed by atoms with Gasteiger partial charge in [-0.15, -0.1) is 0 Å². The molecule has 0 saturated heterocycles. The van der Waals surface area contributed by atoms with Gasteiger partial charge in [0.1, 0.15) is 11.9 Å². The minimum Gasteiger partial charge on any atom is -0.504 e. The smallest absolute Gasteiger partial charge is 0.161 e. The number of pyridine rings is 1. The Morgan fingerprint density at radius 1 is 0.981 bits per heavy atom. The molecule has 0 amide bonds. The molecule has 0 saturated carbocycles. The van der Waals surface area contributed by atoms with E-state index in [-0.39, 0.29) is 48.4 Å². The molecule has 10 nitrogen and oxygen atoms in total. The molecule has 0 bridgehead atoms. The number of fused-ring (bicyclic) bond motifs is 2. The van der Waals surface area contributed by atoms with Crippen LogP contribution in [0.2, 0.25) is 0 Å². The van der Waals surface area contributed by atoms with E-state index in [1.807, 2.05) is 42.6 Å². The van der Waals surface area contributed by atoms with Crippen molar-refractivity contribution in [3.63, 3.8) is 0 Å². The van der Waals surface area contributed by atoms with Crippen molar-refractivity contribution in [2.75, 3.05) is 24.7 Å². The highest BCUT2D eigenvalue weighted by Gasteiger charge is 2.37. The number of hydrogen-bond acceptors (Lipinski definition) is 11. The molecule has 10 unspecified atom stereocenters. The quantitative estimate of drug-likeness (QED) is 0.0846. The monoisotopic (exact) mass is 763 g/mol. The minimum absolute atomic E-state index is 0.0747. The van der Waals surface area contributed by atoms with Crippen LogP contribution in [0.5, 0.6) is 11.5 Å². The zero-order chi connectivity index (χ0) is 37.3. The third kappa shape index (κ3) is 9.94. The number of aliphatic hydroxyl groups excluding tert-OH is 5. The van der Waals surface area contributed by atoms with Crippen molar-refractivity contribution < 1.29 is 35.4 Å². The summed E-state index contributed by atoms with van der Waals surface area (Å²) in [5, 5.41) is 65.9. The van der Waals surface area contributed by atoms with Crippen LogP contribution >= 0.6 is 21.6 Å². The van der Waals surface area contributed by atoms with E-state index in [4.69, 9.17) is 10.5 Å². The lowest BCUT2D eigenvalue weighted by atomic mass is 9.79. The molecule has 1 aromatic carbocycles. The second kappa shape index (κ2) is 18.9. The molecule has 0 fully saturated rings. The summed E-state index contributed by atoms with van der Waals surface area (Å²) in [6, 6.07) is 11.1. The number of ether oxygens (including phenoxy) is 1. The lowest BCUT2D eigenvalue weighted by Crippen LogP contribution is -2.41. The number of hydrogen-bond donors (Lipinski definition) is 8. The van der Waals surface area contributed by atoms with Crippen molar-refractivity contribution in [2.24, 2.45) is 23.7 Å². The molecule has 6 rings (SSSR count). The van der Waals surface area contributed by atoms with E-state index in [0.29, 0.717) is 49.4 Å². The molecule has 0 spiro atoms. The number of aromatic nitrogens is 2. The summed E-state index contributed by atoms with van der Waals surface area (Å²) in [4.78, 5) is 7.69. The number of benzene rings is 1. The molecule has 1 aliphatic heterocycles. The Bertz CT molecular complexity index is 1710. The third-order valence-electron chi connectivity index (χ3n) is 11.2. The highest BCUT2D eigenvalue weighted by molar-refractivity contribution is 8.76. The van der Waals surface area contributed by atoms with Gasteiger partial charge in [0.15, 0.2) is 11.5 Å². The van der Waals surface area contributed by atoms with Crippen LogP contribution in [0.15, 0.2) is 60.9 Å². The van der Waals surface area contributed by atoms with E-state index in [2.05, 4.69) is 21.8 Å². The first-order valence-corrected chi connectivity index (χ1v) is 21.3. The number of aromatic hydroxyl groups is 1. The van der Waals surface area contributed by atoms with Gasteiger partial charge in [-0.3, -0.25) is 0 Å². The number of nitrogens with two attached hydrogens (primary N) is 1. The molecule has 9 N–H and O–H groups in total. The van der Waals surface area contributed by atoms with Gasteiger partial charge in [0.25, 0.3) is 0 Å². The molecule has 286 valence electrons. The number of aromatic amines is 1. The molecule has 3 aliphatic rings. The summed E-state index contributed by atoms with van der Waals surface area (Å²) in [5.74, 6) is 6.75. The van der Waals surface area contributed by atoms with Crippen molar-refractivity contribution in [2.45, 2.75) is 93.4 Å². The predicted molar refractivity (Wildman–Crippen MR) is 210 cm³/mol. The molecule has 0 radical (unpaired) electrons. The van der Waals surface area contributed by atoms with Gasteiger partial charge in [0, 0.05) is 78.0 Å². The van der Waals surface area contributed by atoms with Gasteiger partial charge < -0.3 is 46.1 Å². The first-order valence-electron chi connectivity index (χ1n) is 18.8. The van der Waals surface area contributed by atoms with Gasteiger partial charge >= 0.3 is 0 Å². The third-order valence-corrected chi connectivity index (χ3v) is 13.6. The number of anilines is 1. The second-order valence-corrected chi connectivity index (χ2v) is 17.2. The summed E-state index contributed by atoms with van der Waals surface area (Å²) in [5.41, 5.74) is 10.2. The molecule has 2 aliphatic carbocycles. The molecular weight excluding hydrogens is 711 g/mol. The lowest BCUT2D eigenvalue weighted by molar-refractivity contribution is -0.0195. The number of allylic oxidation sites excluding steroid dienone is 2. The van der Waals surface area contributed by atoms with E-state index in [1.165, 1.54) is 0 Å². The van der Waals surface area contributed by atoms with Gasteiger partial charge in [-0.05, 0) is 85.9 Å². The maximum absolute atomic E-state index is 11.9. The van der Waals surface area contributed by atoms with Crippen LogP contribution in [0.4, 0.5) is 5.82 Å². The summed E-state index contributed by atoms with van der Waals surface area (Å²) in [6.45, 7) is -0.160. The zero-order valence-corrected chi connectivity index (χ0v) is 31.6. The van der Waals surface area contributed by atoms with Crippen molar-refractivity contribution in [1.29, 1.82) is 0 Å². The van der Waals surface area contributed by atoms with E-state index in [9.17, 15) is 30.6 Å². The lowest BCUT2D eigenvalue weighted by Gasteiger charge is -2.32. The van der Waals surface area contributed by atoms with E-state index < -0.39 is 36.3 Å². The topological polar surface area (TPSA) is 185 Å². The number of nitrogen functional groups attached to an aromatic ring is 1. The molecule has 10 atom stereocenters. The van der Waals surface area contributed by atoms with Gasteiger partial charge in [-0.1, -0.05) is 64.5 Å². The second-order valence-electron chi connectivity index (χ2n) is 14.7. The Morgan fingerprint density at radius 2 is 1.83 bits per heavy atom. The van der Waals surface area contributed by atoms with Crippen molar-refractivity contribution in [3.8, 4) is 23.3 Å². The van der Waals surface area contributed by atoms with Crippen LogP contribution < -0.4 is 10.5 Å². The number of nitrogens with one attached hydrogen (secondary N) is 1. The Balaban J connectivity index is 1.32. The average molecular weight is 764 g/mol. The van der Waals surface area contributed by atoms with E-state index >= 15 is 0 Å². The van der Waals surface area contributed by atoms with E-state index in [0.717, 1.165) is 41.6 Å². The van der Waals surface area contributed by atoms with Crippen LogP contribution in [0.1, 0.15) is 79.2 Å². The van der Waals surface area contributed by atoms with Gasteiger partial charge in [0.05, 0.1) is 18.3 Å². The first-order chi connectivity index (χ1) is 25.7. The number of aliphatic hydroxyl groups is 5. The zero-order valence-electron chi connectivity index (χ0n) is 30.0. The maximum atomic E-state index is 11.9. The summed E-state index contributed by atoms with van der Waals surface area (Å²) in [6.07, 6.45) is 9.34. The Kier molecular flexibility index (Phi) is 14.1. The molecule has 3 aromatic rings. The molecule has 12 heteroatoms. The average Bonchev–Trinajstić information content (AvgIpc) is 3.60. The van der Waals surface area contributed by atoms with Gasteiger partial charge in [-0.2, -0.15) is 0 Å². The molecule has 2 aromatic heterocycles. The number of phenolic OH excluding ortho intramolecular Hbond substituents is 1. The Labute approximate surface area is 320 Å². The maximum Gasteiger partial charge on any atom is 0.161 e. The van der Waals surface area contributed by atoms with E-state index in [1.54, 1.807) is 39.9 Å². The van der Waals surface area contributed by atoms with Crippen LogP contribution in [0.3, 0.4) is 0 Å². The first kappa shape index (κ1) is 39.5. The standard InChI is InChI=1S/C41H53N3O7S2/c42-41-33-24-53-52-23-30(22-46)40(50)38(21-29(32(33)13-16-44-41)18-31-5-3-15-43-31)51-37-20-28(11-12-34(37)47)27-10-9-26-8-7-25(14-17-45)4-1-2-6-35(48)39(26)36(49)19-27/h3,5,9-13,15-16,20,25-27,29-30,35-36,38-40,43,45-50H,1-2,4,6,14,17-19,21-24H2,(H2,42,44). The predicted octanol–water partition coefficient (Wildman–Crippen LogP) is 5.30. The minimum atomic E-state index is -1.05.